The normalized spacial score (nSPS) is 10.8. The van der Waals surface area contributed by atoms with E-state index >= 15 is 0 Å². The first kappa shape index (κ1) is 15.3. The summed E-state index contributed by atoms with van der Waals surface area (Å²) in [6.07, 6.45) is 0. The molecular formula is C16H13BFNO4. The second kappa shape index (κ2) is 5.87. The summed E-state index contributed by atoms with van der Waals surface area (Å²) in [6, 6.07) is 10.1. The molecule has 0 aliphatic carbocycles. The molecule has 7 heteroatoms. The van der Waals surface area contributed by atoms with Gasteiger partial charge in [0.05, 0.1) is 5.56 Å². The molecule has 0 saturated heterocycles. The van der Waals surface area contributed by atoms with E-state index in [-0.39, 0.29) is 16.9 Å². The molecule has 3 aromatic rings. The Morgan fingerprint density at radius 1 is 1.17 bits per heavy atom. The van der Waals surface area contributed by atoms with Crippen molar-refractivity contribution in [3.8, 4) is 11.3 Å². The molecule has 0 radical (unpaired) electrons. The van der Waals surface area contributed by atoms with Crippen LogP contribution in [-0.4, -0.2) is 30.1 Å². The number of carbonyl (C=O) groups excluding carboxylic acids is 1. The second-order valence-corrected chi connectivity index (χ2v) is 5.02. The van der Waals surface area contributed by atoms with Crippen molar-refractivity contribution < 1.29 is 23.7 Å². The van der Waals surface area contributed by atoms with E-state index in [4.69, 9.17) is 4.42 Å². The average Bonchev–Trinajstić information content (AvgIpc) is 2.93. The fraction of sp³-hybridized carbons (Fsp3) is 0.0625. The number of carbonyl (C=O) groups is 1. The number of hydrogen-bond acceptors (Lipinski definition) is 4. The van der Waals surface area contributed by atoms with Crippen LogP contribution in [0.4, 0.5) is 4.39 Å². The predicted molar refractivity (Wildman–Crippen MR) is 84.8 cm³/mol. The van der Waals surface area contributed by atoms with Gasteiger partial charge < -0.3 is 19.8 Å². The van der Waals surface area contributed by atoms with Gasteiger partial charge in [0, 0.05) is 18.0 Å². The van der Waals surface area contributed by atoms with Crippen LogP contribution in [0.25, 0.3) is 22.3 Å². The molecule has 1 heterocycles. The molecule has 0 aliphatic heterocycles. The molecule has 0 spiro atoms. The van der Waals surface area contributed by atoms with Gasteiger partial charge in [0.25, 0.3) is 5.91 Å². The Balaban J connectivity index is 2.28. The number of fused-ring (bicyclic) bond motifs is 1. The van der Waals surface area contributed by atoms with E-state index in [9.17, 15) is 19.2 Å². The highest BCUT2D eigenvalue weighted by molar-refractivity contribution is 6.59. The summed E-state index contributed by atoms with van der Waals surface area (Å²) < 4.78 is 18.8. The zero-order valence-corrected chi connectivity index (χ0v) is 12.2. The quantitative estimate of drug-likeness (QED) is 0.636. The monoisotopic (exact) mass is 313 g/mol. The zero-order valence-electron chi connectivity index (χ0n) is 12.2. The Morgan fingerprint density at radius 3 is 2.48 bits per heavy atom. The van der Waals surface area contributed by atoms with Crippen molar-refractivity contribution in [3.63, 3.8) is 0 Å². The lowest BCUT2D eigenvalue weighted by Crippen LogP contribution is -2.29. The van der Waals surface area contributed by atoms with Crippen LogP contribution in [0.1, 0.15) is 10.4 Å². The van der Waals surface area contributed by atoms with Crippen molar-refractivity contribution in [2.75, 3.05) is 7.05 Å². The van der Waals surface area contributed by atoms with Crippen molar-refractivity contribution in [3.05, 3.63) is 53.8 Å². The Hall–Kier alpha value is -2.64. The van der Waals surface area contributed by atoms with Crippen LogP contribution < -0.4 is 10.8 Å². The number of halogens is 1. The molecule has 1 amide bonds. The van der Waals surface area contributed by atoms with E-state index < -0.39 is 12.9 Å². The minimum Gasteiger partial charge on any atom is -0.455 e. The Labute approximate surface area is 131 Å². The van der Waals surface area contributed by atoms with Crippen LogP contribution in [-0.2, 0) is 0 Å². The second-order valence-electron chi connectivity index (χ2n) is 5.02. The smallest absolute Gasteiger partial charge is 0.455 e. The molecule has 0 saturated carbocycles. The Kier molecular flexibility index (Phi) is 3.89. The maximum absolute atomic E-state index is 13.1. The number of amides is 1. The lowest BCUT2D eigenvalue weighted by atomic mass is 9.79. The van der Waals surface area contributed by atoms with Gasteiger partial charge in [0.2, 0.25) is 0 Å². The summed E-state index contributed by atoms with van der Waals surface area (Å²) in [4.78, 5) is 12.3. The SMILES string of the molecule is CNC(=O)c1c(-c2ccc(F)cc2)oc2ccc(B(O)O)cc12. The molecule has 1 aromatic heterocycles. The molecule has 3 rings (SSSR count). The zero-order chi connectivity index (χ0) is 16.6. The van der Waals surface area contributed by atoms with Gasteiger partial charge >= 0.3 is 7.12 Å². The predicted octanol–water partition coefficient (Wildman–Crippen LogP) is 1.28. The van der Waals surface area contributed by atoms with Crippen molar-refractivity contribution in [1.82, 2.24) is 5.32 Å². The molecule has 116 valence electrons. The van der Waals surface area contributed by atoms with Crippen molar-refractivity contribution in [2.24, 2.45) is 0 Å². The summed E-state index contributed by atoms with van der Waals surface area (Å²) in [5, 5.41) is 21.6. The van der Waals surface area contributed by atoms with Crippen LogP contribution in [0.2, 0.25) is 0 Å². The van der Waals surface area contributed by atoms with Crippen LogP contribution in [0, 0.1) is 5.82 Å². The highest BCUT2D eigenvalue weighted by atomic mass is 19.1. The highest BCUT2D eigenvalue weighted by Gasteiger charge is 2.23. The van der Waals surface area contributed by atoms with Gasteiger partial charge in [-0.15, -0.1) is 0 Å². The third-order valence-corrected chi connectivity index (χ3v) is 3.57. The van der Waals surface area contributed by atoms with E-state index in [1.807, 2.05) is 0 Å². The van der Waals surface area contributed by atoms with Gasteiger partial charge in [-0.3, -0.25) is 4.79 Å². The van der Waals surface area contributed by atoms with Gasteiger partial charge in [-0.2, -0.15) is 0 Å². The minimum absolute atomic E-state index is 0.245. The molecule has 0 unspecified atom stereocenters. The largest absolute Gasteiger partial charge is 0.488 e. The first-order valence-corrected chi connectivity index (χ1v) is 6.92. The molecule has 0 bridgehead atoms. The Bertz CT molecular complexity index is 874. The van der Waals surface area contributed by atoms with Crippen molar-refractivity contribution in [1.29, 1.82) is 0 Å². The molecule has 23 heavy (non-hydrogen) atoms. The molecule has 3 N–H and O–H groups in total. The van der Waals surface area contributed by atoms with E-state index in [0.717, 1.165) is 0 Å². The van der Waals surface area contributed by atoms with Crippen LogP contribution in [0.5, 0.6) is 0 Å². The molecule has 0 aliphatic rings. The maximum Gasteiger partial charge on any atom is 0.488 e. The third kappa shape index (κ3) is 2.72. The van der Waals surface area contributed by atoms with Crippen molar-refractivity contribution in [2.45, 2.75) is 0 Å². The summed E-state index contributed by atoms with van der Waals surface area (Å²) >= 11 is 0. The van der Waals surface area contributed by atoms with E-state index in [1.54, 1.807) is 6.07 Å². The number of rotatable bonds is 3. The summed E-state index contributed by atoms with van der Waals surface area (Å²) in [7, 11) is -0.165. The molecular weight excluding hydrogens is 300 g/mol. The first-order valence-electron chi connectivity index (χ1n) is 6.92. The summed E-state index contributed by atoms with van der Waals surface area (Å²) in [5.74, 6) is -0.478. The number of nitrogens with one attached hydrogen (secondary N) is 1. The fourth-order valence-electron chi connectivity index (χ4n) is 2.43. The Morgan fingerprint density at radius 2 is 1.87 bits per heavy atom. The van der Waals surface area contributed by atoms with Gasteiger partial charge in [-0.1, -0.05) is 12.1 Å². The molecule has 2 aromatic carbocycles. The standard InChI is InChI=1S/C16H13BFNO4/c1-19-16(20)14-12-8-10(17(21)22)4-7-13(12)23-15(14)9-2-5-11(18)6-3-9/h2-8,21-22H,1H3,(H,19,20). The minimum atomic E-state index is -1.65. The van der Waals surface area contributed by atoms with Gasteiger partial charge in [-0.25, -0.2) is 4.39 Å². The van der Waals surface area contributed by atoms with Crippen LogP contribution in [0.3, 0.4) is 0 Å². The summed E-state index contributed by atoms with van der Waals surface area (Å²) in [6.45, 7) is 0. The lowest BCUT2D eigenvalue weighted by molar-refractivity contribution is 0.0964. The summed E-state index contributed by atoms with van der Waals surface area (Å²) in [5.41, 5.74) is 1.48. The average molecular weight is 313 g/mol. The van der Waals surface area contributed by atoms with Gasteiger partial charge in [0.1, 0.15) is 17.2 Å². The van der Waals surface area contributed by atoms with E-state index in [2.05, 4.69) is 5.32 Å². The molecule has 0 fully saturated rings. The number of hydrogen-bond donors (Lipinski definition) is 3. The maximum atomic E-state index is 13.1. The third-order valence-electron chi connectivity index (χ3n) is 3.57. The van der Waals surface area contributed by atoms with Crippen LogP contribution in [0.15, 0.2) is 46.9 Å². The lowest BCUT2D eigenvalue weighted by Gasteiger charge is -2.03. The van der Waals surface area contributed by atoms with Crippen molar-refractivity contribution >= 4 is 29.5 Å². The van der Waals surface area contributed by atoms with Crippen LogP contribution >= 0.6 is 0 Å². The molecule has 0 atom stereocenters. The number of benzene rings is 2. The van der Waals surface area contributed by atoms with Gasteiger partial charge in [-0.05, 0) is 35.8 Å². The number of furan rings is 1. The topological polar surface area (TPSA) is 82.7 Å². The highest BCUT2D eigenvalue weighted by Crippen LogP contribution is 2.33. The first-order chi connectivity index (χ1) is 11.0. The van der Waals surface area contributed by atoms with Gasteiger partial charge in [0.15, 0.2) is 0 Å². The fourth-order valence-corrected chi connectivity index (χ4v) is 2.43. The van der Waals surface area contributed by atoms with E-state index in [1.165, 1.54) is 43.4 Å². The van der Waals surface area contributed by atoms with E-state index in [0.29, 0.717) is 22.3 Å². The molecule has 5 nitrogen and oxygen atoms in total.